The monoisotopic (exact) mass is 461 g/mol. The lowest BCUT2D eigenvalue weighted by atomic mass is 10.2. The lowest BCUT2D eigenvalue weighted by Gasteiger charge is -2.11. The zero-order chi connectivity index (χ0) is 22.0. The largest absolute Gasteiger partial charge is 0.475 e. The Labute approximate surface area is 182 Å². The van der Waals surface area contributed by atoms with Crippen LogP contribution in [0.5, 0.6) is 5.88 Å². The van der Waals surface area contributed by atoms with E-state index < -0.39 is 15.8 Å². The summed E-state index contributed by atoms with van der Waals surface area (Å²) in [6, 6.07) is 13.9. The smallest absolute Gasteiger partial charge is 0.240 e. The number of aromatic nitrogens is 4. The number of hydrogen-bond donors (Lipinski definition) is 1. The summed E-state index contributed by atoms with van der Waals surface area (Å²) in [5, 5.41) is 12.8. The highest BCUT2D eigenvalue weighted by Gasteiger charge is 2.17. The van der Waals surface area contributed by atoms with Crippen LogP contribution >= 0.6 is 11.6 Å². The van der Waals surface area contributed by atoms with Crippen LogP contribution in [0.15, 0.2) is 59.5 Å². The predicted molar refractivity (Wildman–Crippen MR) is 113 cm³/mol. The van der Waals surface area contributed by atoms with E-state index in [2.05, 4.69) is 20.0 Å². The Bertz CT molecular complexity index is 1360. The molecule has 0 spiro atoms. The van der Waals surface area contributed by atoms with Gasteiger partial charge in [-0.3, -0.25) is 0 Å². The zero-order valence-corrected chi connectivity index (χ0v) is 17.9. The Morgan fingerprint density at radius 3 is 2.74 bits per heavy atom. The minimum Gasteiger partial charge on any atom is -0.475 e. The van der Waals surface area contributed by atoms with Gasteiger partial charge in [-0.1, -0.05) is 29.8 Å². The molecule has 11 heteroatoms. The number of ether oxygens (including phenoxy) is 1. The van der Waals surface area contributed by atoms with Gasteiger partial charge in [0.1, 0.15) is 12.4 Å². The molecule has 4 rings (SSSR count). The molecule has 0 aliphatic heterocycles. The molecular formula is C20H17ClFN5O3S. The van der Waals surface area contributed by atoms with E-state index in [-0.39, 0.29) is 23.9 Å². The number of benzene rings is 2. The lowest BCUT2D eigenvalue weighted by molar-refractivity contribution is 0.306. The van der Waals surface area contributed by atoms with Crippen molar-refractivity contribution < 1.29 is 17.5 Å². The second-order valence-corrected chi connectivity index (χ2v) is 8.73. The second kappa shape index (κ2) is 8.58. The standard InChI is InChI=1S/C20H17ClFN5O3S/c1-13-16(21)6-3-7-17(13)31(28,29)23-10-11-30-19-9-8-18-24-25-20(27(18)26-19)14-4-2-5-15(22)12-14/h2-9,12,23H,10-11H2,1H3. The molecule has 4 aromatic rings. The van der Waals surface area contributed by atoms with Crippen molar-refractivity contribution in [2.75, 3.05) is 13.2 Å². The third kappa shape index (κ3) is 4.50. The van der Waals surface area contributed by atoms with Crippen molar-refractivity contribution in [2.45, 2.75) is 11.8 Å². The van der Waals surface area contributed by atoms with E-state index in [0.29, 0.717) is 27.6 Å². The van der Waals surface area contributed by atoms with Gasteiger partial charge < -0.3 is 4.74 Å². The van der Waals surface area contributed by atoms with Gasteiger partial charge in [0.05, 0.1) is 4.90 Å². The Kier molecular flexibility index (Phi) is 5.86. The fourth-order valence-corrected chi connectivity index (χ4v) is 4.45. The number of rotatable bonds is 7. The predicted octanol–water partition coefficient (Wildman–Crippen LogP) is 3.25. The minimum atomic E-state index is -3.74. The van der Waals surface area contributed by atoms with Crippen molar-refractivity contribution in [3.05, 3.63) is 71.0 Å². The van der Waals surface area contributed by atoms with E-state index in [1.54, 1.807) is 43.3 Å². The van der Waals surface area contributed by atoms with Gasteiger partial charge in [-0.2, -0.15) is 4.52 Å². The van der Waals surface area contributed by atoms with E-state index in [1.807, 2.05) is 0 Å². The molecule has 0 saturated heterocycles. The molecule has 0 saturated carbocycles. The first-order valence-corrected chi connectivity index (χ1v) is 11.1. The highest BCUT2D eigenvalue weighted by atomic mass is 35.5. The number of hydrogen-bond acceptors (Lipinski definition) is 6. The van der Waals surface area contributed by atoms with Crippen LogP contribution in [0.2, 0.25) is 5.02 Å². The number of sulfonamides is 1. The van der Waals surface area contributed by atoms with Crippen molar-refractivity contribution in [1.82, 2.24) is 24.5 Å². The highest BCUT2D eigenvalue weighted by Crippen LogP contribution is 2.22. The van der Waals surface area contributed by atoms with Crippen molar-refractivity contribution in [1.29, 1.82) is 0 Å². The van der Waals surface area contributed by atoms with E-state index in [4.69, 9.17) is 16.3 Å². The van der Waals surface area contributed by atoms with Crippen molar-refractivity contribution >= 4 is 27.3 Å². The third-order valence-electron chi connectivity index (χ3n) is 4.47. The first-order valence-electron chi connectivity index (χ1n) is 9.21. The number of nitrogens with zero attached hydrogens (tertiary/aromatic N) is 4. The molecule has 0 radical (unpaired) electrons. The van der Waals surface area contributed by atoms with Crippen LogP contribution in [-0.2, 0) is 10.0 Å². The molecule has 31 heavy (non-hydrogen) atoms. The maximum Gasteiger partial charge on any atom is 0.240 e. The fraction of sp³-hybridized carbons (Fsp3) is 0.150. The van der Waals surface area contributed by atoms with Gasteiger partial charge in [-0.05, 0) is 42.8 Å². The molecule has 0 aliphatic rings. The fourth-order valence-electron chi connectivity index (χ4n) is 2.94. The van der Waals surface area contributed by atoms with Gasteiger partial charge in [0.2, 0.25) is 15.9 Å². The van der Waals surface area contributed by atoms with E-state index in [1.165, 1.54) is 22.7 Å². The average Bonchev–Trinajstić information content (AvgIpc) is 3.16. The van der Waals surface area contributed by atoms with Crippen molar-refractivity contribution in [3.63, 3.8) is 0 Å². The molecule has 0 aliphatic carbocycles. The van der Waals surface area contributed by atoms with Crippen LogP contribution in [0.4, 0.5) is 4.39 Å². The topological polar surface area (TPSA) is 98.5 Å². The molecule has 0 amide bonds. The summed E-state index contributed by atoms with van der Waals surface area (Å²) in [5.41, 5.74) is 1.45. The number of nitrogens with one attached hydrogen (secondary N) is 1. The van der Waals surface area contributed by atoms with Crippen LogP contribution in [0.25, 0.3) is 17.0 Å². The molecule has 0 atom stereocenters. The molecule has 1 N–H and O–H groups in total. The van der Waals surface area contributed by atoms with E-state index in [9.17, 15) is 12.8 Å². The average molecular weight is 462 g/mol. The molecule has 2 heterocycles. The first-order chi connectivity index (χ1) is 14.8. The summed E-state index contributed by atoms with van der Waals surface area (Å²) < 4.78 is 48.0. The number of halogens is 2. The molecule has 0 unspecified atom stereocenters. The van der Waals surface area contributed by atoms with Crippen LogP contribution < -0.4 is 9.46 Å². The maximum atomic E-state index is 13.5. The molecule has 0 fully saturated rings. The summed E-state index contributed by atoms with van der Waals surface area (Å²) in [4.78, 5) is 0.115. The Morgan fingerprint density at radius 2 is 1.94 bits per heavy atom. The third-order valence-corrected chi connectivity index (χ3v) is 6.49. The van der Waals surface area contributed by atoms with Crippen LogP contribution in [-0.4, -0.2) is 41.4 Å². The lowest BCUT2D eigenvalue weighted by Crippen LogP contribution is -2.29. The molecule has 0 bridgehead atoms. The molecule has 160 valence electrons. The first kappa shape index (κ1) is 21.2. The minimum absolute atomic E-state index is 0.0208. The summed E-state index contributed by atoms with van der Waals surface area (Å²) >= 11 is 6.01. The summed E-state index contributed by atoms with van der Waals surface area (Å²) in [5.74, 6) is 0.198. The van der Waals surface area contributed by atoms with Crippen LogP contribution in [0, 0.1) is 12.7 Å². The van der Waals surface area contributed by atoms with Gasteiger partial charge in [0.15, 0.2) is 11.5 Å². The molecular weight excluding hydrogens is 445 g/mol. The molecule has 2 aromatic heterocycles. The van der Waals surface area contributed by atoms with E-state index >= 15 is 0 Å². The normalized spacial score (nSPS) is 11.7. The van der Waals surface area contributed by atoms with Gasteiger partial charge in [-0.15, -0.1) is 15.3 Å². The highest BCUT2D eigenvalue weighted by molar-refractivity contribution is 7.89. The quantitative estimate of drug-likeness (QED) is 0.424. The van der Waals surface area contributed by atoms with Crippen molar-refractivity contribution in [2.24, 2.45) is 0 Å². The molecule has 8 nitrogen and oxygen atoms in total. The van der Waals surface area contributed by atoms with Gasteiger partial charge >= 0.3 is 0 Å². The van der Waals surface area contributed by atoms with Crippen LogP contribution in [0.3, 0.4) is 0 Å². The maximum absolute atomic E-state index is 13.5. The number of fused-ring (bicyclic) bond motifs is 1. The molecule has 2 aromatic carbocycles. The Hall–Kier alpha value is -3.08. The zero-order valence-electron chi connectivity index (χ0n) is 16.3. The second-order valence-electron chi connectivity index (χ2n) is 6.58. The summed E-state index contributed by atoms with van der Waals surface area (Å²) in [7, 11) is -3.74. The SMILES string of the molecule is Cc1c(Cl)cccc1S(=O)(=O)NCCOc1ccc2nnc(-c3cccc(F)c3)n2n1. The Balaban J connectivity index is 1.45. The van der Waals surface area contributed by atoms with Crippen molar-refractivity contribution in [3.8, 4) is 17.3 Å². The summed E-state index contributed by atoms with van der Waals surface area (Å²) in [6.45, 7) is 1.70. The van der Waals surface area contributed by atoms with Gasteiger partial charge in [0, 0.05) is 23.2 Å². The van der Waals surface area contributed by atoms with E-state index in [0.717, 1.165) is 0 Å². The van der Waals surface area contributed by atoms with Gasteiger partial charge in [0.25, 0.3) is 0 Å². The Morgan fingerprint density at radius 1 is 1.13 bits per heavy atom. The van der Waals surface area contributed by atoms with Crippen LogP contribution in [0.1, 0.15) is 5.56 Å². The summed E-state index contributed by atoms with van der Waals surface area (Å²) in [6.07, 6.45) is 0. The van der Waals surface area contributed by atoms with Gasteiger partial charge in [-0.25, -0.2) is 17.5 Å².